The maximum absolute atomic E-state index is 5.69. The second-order valence-electron chi connectivity index (χ2n) is 4.27. The van der Waals surface area contributed by atoms with Gasteiger partial charge in [0.05, 0.1) is 12.3 Å². The molecular weight excluding hydrogens is 190 g/mol. The van der Waals surface area contributed by atoms with Crippen LogP contribution in [-0.4, -0.2) is 23.0 Å². The first-order valence-corrected chi connectivity index (χ1v) is 5.53. The SMILES string of the molecule is Cc1nn(CC2CCOC2)c(C)c1CN. The van der Waals surface area contributed by atoms with Gasteiger partial charge in [-0.05, 0) is 20.3 Å². The van der Waals surface area contributed by atoms with E-state index in [0.29, 0.717) is 12.5 Å². The van der Waals surface area contributed by atoms with Crippen molar-refractivity contribution in [1.29, 1.82) is 0 Å². The van der Waals surface area contributed by atoms with Gasteiger partial charge in [-0.2, -0.15) is 5.10 Å². The normalized spacial score (nSPS) is 21.1. The summed E-state index contributed by atoms with van der Waals surface area (Å²) in [5.74, 6) is 0.619. The Balaban J connectivity index is 2.13. The molecule has 15 heavy (non-hydrogen) atoms. The smallest absolute Gasteiger partial charge is 0.0641 e. The highest BCUT2D eigenvalue weighted by molar-refractivity contribution is 5.23. The van der Waals surface area contributed by atoms with Gasteiger partial charge >= 0.3 is 0 Å². The van der Waals surface area contributed by atoms with Crippen LogP contribution in [0, 0.1) is 19.8 Å². The lowest BCUT2D eigenvalue weighted by Gasteiger charge is -2.09. The van der Waals surface area contributed by atoms with Gasteiger partial charge in [0.1, 0.15) is 0 Å². The van der Waals surface area contributed by atoms with E-state index >= 15 is 0 Å². The maximum Gasteiger partial charge on any atom is 0.0641 e. The fourth-order valence-electron chi connectivity index (χ4n) is 2.18. The lowest BCUT2D eigenvalue weighted by Crippen LogP contribution is -2.13. The highest BCUT2D eigenvalue weighted by Gasteiger charge is 2.18. The molecule has 4 nitrogen and oxygen atoms in total. The Bertz CT molecular complexity index is 340. The fraction of sp³-hybridized carbons (Fsp3) is 0.727. The number of aryl methyl sites for hydroxylation is 1. The summed E-state index contributed by atoms with van der Waals surface area (Å²) < 4.78 is 7.45. The third-order valence-electron chi connectivity index (χ3n) is 3.19. The molecule has 2 heterocycles. The van der Waals surface area contributed by atoms with Crippen LogP contribution in [0.5, 0.6) is 0 Å². The molecule has 0 aromatic carbocycles. The summed E-state index contributed by atoms with van der Waals surface area (Å²) in [4.78, 5) is 0. The molecule has 84 valence electrons. The van der Waals surface area contributed by atoms with Crippen LogP contribution < -0.4 is 5.73 Å². The lowest BCUT2D eigenvalue weighted by atomic mass is 10.1. The average molecular weight is 209 g/mol. The van der Waals surface area contributed by atoms with Crippen LogP contribution in [0.15, 0.2) is 0 Å². The van der Waals surface area contributed by atoms with E-state index in [9.17, 15) is 0 Å². The number of nitrogens with zero attached hydrogens (tertiary/aromatic N) is 2. The zero-order valence-electron chi connectivity index (χ0n) is 9.49. The highest BCUT2D eigenvalue weighted by atomic mass is 16.5. The van der Waals surface area contributed by atoms with E-state index in [2.05, 4.69) is 16.7 Å². The van der Waals surface area contributed by atoms with E-state index in [1.165, 1.54) is 11.3 Å². The molecule has 0 aliphatic carbocycles. The molecule has 0 bridgehead atoms. The zero-order valence-corrected chi connectivity index (χ0v) is 9.49. The number of rotatable bonds is 3. The fourth-order valence-corrected chi connectivity index (χ4v) is 2.18. The van der Waals surface area contributed by atoms with Crippen molar-refractivity contribution in [3.8, 4) is 0 Å². The molecule has 1 aromatic rings. The van der Waals surface area contributed by atoms with Crippen molar-refractivity contribution >= 4 is 0 Å². The summed E-state index contributed by atoms with van der Waals surface area (Å²) >= 11 is 0. The third-order valence-corrected chi connectivity index (χ3v) is 3.19. The maximum atomic E-state index is 5.69. The van der Waals surface area contributed by atoms with E-state index in [1.54, 1.807) is 0 Å². The summed E-state index contributed by atoms with van der Waals surface area (Å²) in [5.41, 5.74) is 9.16. The minimum atomic E-state index is 0.582. The van der Waals surface area contributed by atoms with E-state index in [1.807, 2.05) is 6.92 Å². The molecule has 4 heteroatoms. The van der Waals surface area contributed by atoms with Gasteiger partial charge < -0.3 is 10.5 Å². The van der Waals surface area contributed by atoms with Crippen molar-refractivity contribution in [2.75, 3.05) is 13.2 Å². The largest absolute Gasteiger partial charge is 0.381 e. The van der Waals surface area contributed by atoms with Crippen molar-refractivity contribution < 1.29 is 4.74 Å². The van der Waals surface area contributed by atoms with Crippen LogP contribution in [0.2, 0.25) is 0 Å². The second kappa shape index (κ2) is 4.33. The second-order valence-corrected chi connectivity index (χ2v) is 4.27. The van der Waals surface area contributed by atoms with E-state index < -0.39 is 0 Å². The third kappa shape index (κ3) is 2.06. The molecule has 1 aromatic heterocycles. The molecule has 1 fully saturated rings. The predicted octanol–water partition coefficient (Wildman–Crippen LogP) is 0.995. The van der Waals surface area contributed by atoms with Crippen LogP contribution in [0.1, 0.15) is 23.4 Å². The minimum Gasteiger partial charge on any atom is -0.381 e. The number of nitrogens with two attached hydrogens (primary N) is 1. The Morgan fingerprint density at radius 1 is 1.53 bits per heavy atom. The first kappa shape index (κ1) is 10.6. The van der Waals surface area contributed by atoms with Gasteiger partial charge in [-0.1, -0.05) is 0 Å². The quantitative estimate of drug-likeness (QED) is 0.808. The van der Waals surface area contributed by atoms with Crippen molar-refractivity contribution in [1.82, 2.24) is 9.78 Å². The number of hydrogen-bond donors (Lipinski definition) is 1. The average Bonchev–Trinajstić information content (AvgIpc) is 2.78. The Morgan fingerprint density at radius 2 is 2.33 bits per heavy atom. The molecule has 0 radical (unpaired) electrons. The predicted molar refractivity (Wildman–Crippen MR) is 58.5 cm³/mol. The summed E-state index contributed by atoms with van der Waals surface area (Å²) in [5, 5.41) is 4.53. The Hall–Kier alpha value is -0.870. The Morgan fingerprint density at radius 3 is 2.87 bits per heavy atom. The van der Waals surface area contributed by atoms with Crippen molar-refractivity contribution in [2.45, 2.75) is 33.4 Å². The molecule has 2 rings (SSSR count). The van der Waals surface area contributed by atoms with Crippen LogP contribution >= 0.6 is 0 Å². The van der Waals surface area contributed by atoms with Crippen molar-refractivity contribution in [3.63, 3.8) is 0 Å². The van der Waals surface area contributed by atoms with Gasteiger partial charge in [-0.3, -0.25) is 4.68 Å². The molecule has 1 saturated heterocycles. The van der Waals surface area contributed by atoms with Gasteiger partial charge in [-0.15, -0.1) is 0 Å². The van der Waals surface area contributed by atoms with Crippen molar-refractivity contribution in [2.24, 2.45) is 11.7 Å². The topological polar surface area (TPSA) is 53.1 Å². The lowest BCUT2D eigenvalue weighted by molar-refractivity contribution is 0.181. The minimum absolute atomic E-state index is 0.582. The monoisotopic (exact) mass is 209 g/mol. The zero-order chi connectivity index (χ0) is 10.8. The molecule has 1 aliphatic rings. The molecule has 2 N–H and O–H groups in total. The first-order valence-electron chi connectivity index (χ1n) is 5.53. The van der Waals surface area contributed by atoms with E-state index in [0.717, 1.165) is 31.9 Å². The molecule has 0 spiro atoms. The standard InChI is InChI=1S/C11H19N3O/c1-8-11(5-12)9(2)14(13-8)6-10-3-4-15-7-10/h10H,3-7,12H2,1-2H3. The molecule has 1 aliphatic heterocycles. The van der Waals surface area contributed by atoms with Gasteiger partial charge in [0, 0.05) is 36.9 Å². The molecule has 0 amide bonds. The van der Waals surface area contributed by atoms with E-state index in [-0.39, 0.29) is 0 Å². The van der Waals surface area contributed by atoms with Crippen LogP contribution in [0.25, 0.3) is 0 Å². The van der Waals surface area contributed by atoms with Crippen LogP contribution in [-0.2, 0) is 17.8 Å². The van der Waals surface area contributed by atoms with Gasteiger partial charge in [0.15, 0.2) is 0 Å². The summed E-state index contributed by atoms with van der Waals surface area (Å²) in [6.45, 7) is 7.43. The highest BCUT2D eigenvalue weighted by Crippen LogP contribution is 2.18. The molecule has 0 saturated carbocycles. The number of aromatic nitrogens is 2. The van der Waals surface area contributed by atoms with Crippen molar-refractivity contribution in [3.05, 3.63) is 17.0 Å². The molecule has 1 unspecified atom stereocenters. The Kier molecular flexibility index (Phi) is 3.07. The molecule has 1 atom stereocenters. The summed E-state index contributed by atoms with van der Waals surface area (Å²) in [6.07, 6.45) is 1.15. The summed E-state index contributed by atoms with van der Waals surface area (Å²) in [7, 11) is 0. The van der Waals surface area contributed by atoms with Gasteiger partial charge in [-0.25, -0.2) is 0 Å². The molecular formula is C11H19N3O. The number of ether oxygens (including phenoxy) is 1. The van der Waals surface area contributed by atoms with Crippen LogP contribution in [0.3, 0.4) is 0 Å². The van der Waals surface area contributed by atoms with Gasteiger partial charge in [0.25, 0.3) is 0 Å². The van der Waals surface area contributed by atoms with E-state index in [4.69, 9.17) is 10.5 Å². The first-order chi connectivity index (χ1) is 7.22. The number of hydrogen-bond acceptors (Lipinski definition) is 3. The van der Waals surface area contributed by atoms with Gasteiger partial charge in [0.2, 0.25) is 0 Å². The Labute approximate surface area is 90.4 Å². The van der Waals surface area contributed by atoms with Crippen LogP contribution in [0.4, 0.5) is 0 Å². The summed E-state index contributed by atoms with van der Waals surface area (Å²) in [6, 6.07) is 0.